The van der Waals surface area contributed by atoms with Crippen LogP contribution in [0.1, 0.15) is 19.5 Å². The fourth-order valence-corrected chi connectivity index (χ4v) is 2.72. The van der Waals surface area contributed by atoms with Gasteiger partial charge < -0.3 is 5.11 Å². The number of benzene rings is 1. The fourth-order valence-electron chi connectivity index (χ4n) is 2.72. The highest BCUT2D eigenvalue weighted by molar-refractivity contribution is 5.71. The molecule has 0 spiro atoms. The van der Waals surface area contributed by atoms with Crippen molar-refractivity contribution >= 4 is 5.78 Å². The first kappa shape index (κ1) is 17.2. The van der Waals surface area contributed by atoms with Gasteiger partial charge in [0.2, 0.25) is 0 Å². The van der Waals surface area contributed by atoms with Crippen molar-refractivity contribution in [2.75, 3.05) is 0 Å². The third-order valence-electron chi connectivity index (χ3n) is 4.14. The SMILES string of the molecule is CC(C)(O)c1cnn2c(-c3ccc(F)c(-c4ncccc4F)c3)cnc2n1. The minimum atomic E-state index is -1.15. The lowest BCUT2D eigenvalue weighted by Gasteiger charge is -2.15. The summed E-state index contributed by atoms with van der Waals surface area (Å²) in [6.07, 6.45) is 4.39. The third-order valence-corrected chi connectivity index (χ3v) is 4.14. The molecule has 0 fully saturated rings. The molecule has 0 saturated carbocycles. The maximum atomic E-state index is 14.3. The van der Waals surface area contributed by atoms with Crippen molar-refractivity contribution in [1.29, 1.82) is 0 Å². The molecule has 0 saturated heterocycles. The van der Waals surface area contributed by atoms with Crippen molar-refractivity contribution in [2.24, 2.45) is 0 Å². The van der Waals surface area contributed by atoms with Gasteiger partial charge in [-0.15, -0.1) is 0 Å². The number of nitrogens with zero attached hydrogens (tertiary/aromatic N) is 5. The normalized spacial score (nSPS) is 11.9. The zero-order chi connectivity index (χ0) is 19.2. The summed E-state index contributed by atoms with van der Waals surface area (Å²) in [6, 6.07) is 6.97. The van der Waals surface area contributed by atoms with Crippen LogP contribution in [-0.4, -0.2) is 29.7 Å². The highest BCUT2D eigenvalue weighted by Gasteiger charge is 2.20. The molecule has 0 amide bonds. The van der Waals surface area contributed by atoms with E-state index in [0.717, 1.165) is 0 Å². The second-order valence-corrected chi connectivity index (χ2v) is 6.58. The Balaban J connectivity index is 1.85. The molecule has 1 N–H and O–H groups in total. The molecule has 8 heteroatoms. The number of hydrogen-bond donors (Lipinski definition) is 1. The van der Waals surface area contributed by atoms with Gasteiger partial charge in [0.15, 0.2) is 0 Å². The molecular formula is C19H15F2N5O. The Morgan fingerprint density at radius 1 is 1.04 bits per heavy atom. The van der Waals surface area contributed by atoms with E-state index >= 15 is 0 Å². The summed E-state index contributed by atoms with van der Waals surface area (Å²) >= 11 is 0. The van der Waals surface area contributed by atoms with Gasteiger partial charge in [0, 0.05) is 17.3 Å². The van der Waals surface area contributed by atoms with Crippen LogP contribution in [0.5, 0.6) is 0 Å². The highest BCUT2D eigenvalue weighted by Crippen LogP contribution is 2.29. The zero-order valence-corrected chi connectivity index (χ0v) is 14.6. The van der Waals surface area contributed by atoms with Crippen LogP contribution in [0.15, 0.2) is 48.9 Å². The van der Waals surface area contributed by atoms with Crippen molar-refractivity contribution < 1.29 is 13.9 Å². The lowest BCUT2D eigenvalue weighted by atomic mass is 10.0. The van der Waals surface area contributed by atoms with E-state index in [4.69, 9.17) is 0 Å². The van der Waals surface area contributed by atoms with E-state index in [1.807, 2.05) is 0 Å². The Kier molecular flexibility index (Phi) is 3.92. The van der Waals surface area contributed by atoms with Crippen molar-refractivity contribution in [2.45, 2.75) is 19.4 Å². The predicted octanol–water partition coefficient (Wildman–Crippen LogP) is 3.36. The van der Waals surface area contributed by atoms with E-state index in [1.54, 1.807) is 19.9 Å². The number of halogens is 2. The topological polar surface area (TPSA) is 76.2 Å². The van der Waals surface area contributed by atoms with Crippen molar-refractivity contribution in [3.8, 4) is 22.5 Å². The van der Waals surface area contributed by atoms with Crippen LogP contribution < -0.4 is 0 Å². The molecule has 4 rings (SSSR count). The summed E-state index contributed by atoms with van der Waals surface area (Å²) in [6.45, 7) is 3.20. The molecule has 0 aliphatic rings. The molecule has 1 aromatic carbocycles. The van der Waals surface area contributed by atoms with Crippen LogP contribution in [0.25, 0.3) is 28.3 Å². The second kappa shape index (κ2) is 6.17. The standard InChI is InChI=1S/C19H15F2N5O/c1-19(2,27)16-10-24-26-15(9-23-18(26)25-16)11-5-6-13(20)12(8-11)17-14(21)4-3-7-22-17/h3-10,27H,1-2H3. The van der Waals surface area contributed by atoms with E-state index in [-0.39, 0.29) is 11.3 Å². The van der Waals surface area contributed by atoms with Gasteiger partial charge in [-0.05, 0) is 44.2 Å². The summed E-state index contributed by atoms with van der Waals surface area (Å²) in [5, 5.41) is 14.3. The Morgan fingerprint density at radius 2 is 1.85 bits per heavy atom. The Morgan fingerprint density at radius 3 is 2.59 bits per heavy atom. The number of aliphatic hydroxyl groups is 1. The number of aromatic nitrogens is 5. The molecule has 4 aromatic rings. The van der Waals surface area contributed by atoms with Crippen LogP contribution in [0.2, 0.25) is 0 Å². The molecule has 27 heavy (non-hydrogen) atoms. The summed E-state index contributed by atoms with van der Waals surface area (Å²) < 4.78 is 29.8. The van der Waals surface area contributed by atoms with Crippen LogP contribution in [0.3, 0.4) is 0 Å². The smallest absolute Gasteiger partial charge is 0.251 e. The molecule has 0 unspecified atom stereocenters. The van der Waals surface area contributed by atoms with Gasteiger partial charge in [0.25, 0.3) is 5.78 Å². The summed E-state index contributed by atoms with van der Waals surface area (Å²) in [7, 11) is 0. The molecule has 3 aromatic heterocycles. The molecule has 0 atom stereocenters. The highest BCUT2D eigenvalue weighted by atomic mass is 19.1. The molecule has 136 valence electrons. The van der Waals surface area contributed by atoms with E-state index in [0.29, 0.717) is 22.7 Å². The van der Waals surface area contributed by atoms with Crippen LogP contribution in [0, 0.1) is 11.6 Å². The molecule has 6 nitrogen and oxygen atoms in total. The summed E-state index contributed by atoms with van der Waals surface area (Å²) in [4.78, 5) is 12.4. The lowest BCUT2D eigenvalue weighted by molar-refractivity contribution is 0.0734. The van der Waals surface area contributed by atoms with Crippen molar-refractivity contribution in [3.05, 3.63) is 66.3 Å². The van der Waals surface area contributed by atoms with Gasteiger partial charge in [-0.3, -0.25) is 4.98 Å². The molecular weight excluding hydrogens is 352 g/mol. The number of pyridine rings is 1. The maximum absolute atomic E-state index is 14.3. The average molecular weight is 367 g/mol. The molecule has 0 radical (unpaired) electrons. The Labute approximate surface area is 153 Å². The van der Waals surface area contributed by atoms with Crippen LogP contribution in [0.4, 0.5) is 8.78 Å². The number of fused-ring (bicyclic) bond motifs is 1. The minimum absolute atomic E-state index is 0.0432. The van der Waals surface area contributed by atoms with Crippen LogP contribution in [-0.2, 0) is 5.60 Å². The number of hydrogen-bond acceptors (Lipinski definition) is 5. The summed E-state index contributed by atoms with van der Waals surface area (Å²) in [5.41, 5.74) is 0.331. The number of rotatable bonds is 3. The molecule has 0 aliphatic heterocycles. The van der Waals surface area contributed by atoms with Crippen molar-refractivity contribution in [1.82, 2.24) is 24.6 Å². The van der Waals surface area contributed by atoms with E-state index in [1.165, 1.54) is 47.4 Å². The average Bonchev–Trinajstić information content (AvgIpc) is 3.05. The first-order chi connectivity index (χ1) is 12.8. The van der Waals surface area contributed by atoms with E-state index in [9.17, 15) is 13.9 Å². The van der Waals surface area contributed by atoms with Gasteiger partial charge in [0.05, 0.1) is 23.8 Å². The second-order valence-electron chi connectivity index (χ2n) is 6.58. The van der Waals surface area contributed by atoms with Crippen LogP contribution >= 0.6 is 0 Å². The predicted molar refractivity (Wildman–Crippen MR) is 94.6 cm³/mol. The van der Waals surface area contributed by atoms with E-state index in [2.05, 4.69) is 20.1 Å². The first-order valence-electron chi connectivity index (χ1n) is 8.19. The third kappa shape index (κ3) is 3.04. The summed E-state index contributed by atoms with van der Waals surface area (Å²) in [5.74, 6) is -0.901. The molecule has 0 bridgehead atoms. The van der Waals surface area contributed by atoms with E-state index < -0.39 is 17.2 Å². The monoisotopic (exact) mass is 367 g/mol. The Hall–Kier alpha value is -3.26. The largest absolute Gasteiger partial charge is 0.384 e. The van der Waals surface area contributed by atoms with Gasteiger partial charge in [0.1, 0.15) is 22.9 Å². The maximum Gasteiger partial charge on any atom is 0.251 e. The van der Waals surface area contributed by atoms with Gasteiger partial charge >= 0.3 is 0 Å². The first-order valence-corrected chi connectivity index (χ1v) is 8.19. The Bertz CT molecular complexity index is 1150. The minimum Gasteiger partial charge on any atom is -0.384 e. The van der Waals surface area contributed by atoms with Crippen molar-refractivity contribution in [3.63, 3.8) is 0 Å². The van der Waals surface area contributed by atoms with Gasteiger partial charge in [-0.2, -0.15) is 9.61 Å². The van der Waals surface area contributed by atoms with Gasteiger partial charge in [-0.1, -0.05) is 0 Å². The fraction of sp³-hybridized carbons (Fsp3) is 0.158. The molecule has 3 heterocycles. The number of imidazole rings is 1. The lowest BCUT2D eigenvalue weighted by Crippen LogP contribution is -2.19. The van der Waals surface area contributed by atoms with Gasteiger partial charge in [-0.25, -0.2) is 18.7 Å². The zero-order valence-electron chi connectivity index (χ0n) is 14.6. The molecule has 0 aliphatic carbocycles. The quantitative estimate of drug-likeness (QED) is 0.601.